The number of hydrogen-bond donors (Lipinski definition) is 1. The fourth-order valence-corrected chi connectivity index (χ4v) is 4.13. The van der Waals surface area contributed by atoms with Crippen LogP contribution in [0, 0.1) is 11.2 Å². The molecule has 1 fully saturated rings. The van der Waals surface area contributed by atoms with Crippen LogP contribution in [0.15, 0.2) is 30.5 Å². The second-order valence-electron chi connectivity index (χ2n) is 6.36. The number of carboxylic acid groups (broad SMARTS) is 1. The Bertz CT molecular complexity index is 821. The van der Waals surface area contributed by atoms with Crippen LogP contribution in [0.5, 0.6) is 0 Å². The summed E-state index contributed by atoms with van der Waals surface area (Å²) in [7, 11) is 1.45. The number of benzene rings is 1. The van der Waals surface area contributed by atoms with E-state index in [1.807, 2.05) is 0 Å². The fourth-order valence-electron chi connectivity index (χ4n) is 3.22. The van der Waals surface area contributed by atoms with E-state index < -0.39 is 17.2 Å². The number of halogens is 1. The molecular weight excluding hydrogens is 359 g/mol. The Morgan fingerprint density at radius 3 is 2.88 bits per heavy atom. The summed E-state index contributed by atoms with van der Waals surface area (Å²) in [6, 6.07) is 6.25. The molecule has 1 aliphatic rings. The second kappa shape index (κ2) is 7.51. The SMILES string of the molecule is COCC1(C(=O)O)CCCN(C(=O)c2cnc(-c3ccccc3F)s2)C1. The van der Waals surface area contributed by atoms with Crippen molar-refractivity contribution in [2.75, 3.05) is 26.8 Å². The minimum atomic E-state index is -1.10. The number of carboxylic acids is 1. The molecule has 0 saturated carbocycles. The van der Waals surface area contributed by atoms with Crippen molar-refractivity contribution in [3.8, 4) is 10.6 Å². The molecule has 1 atom stereocenters. The van der Waals surface area contributed by atoms with E-state index in [4.69, 9.17) is 4.74 Å². The van der Waals surface area contributed by atoms with E-state index in [9.17, 15) is 19.1 Å². The molecule has 1 aromatic heterocycles. The number of piperidine rings is 1. The monoisotopic (exact) mass is 378 g/mol. The molecule has 1 unspecified atom stereocenters. The van der Waals surface area contributed by atoms with Crippen LogP contribution in [-0.4, -0.2) is 53.7 Å². The van der Waals surface area contributed by atoms with Gasteiger partial charge in [-0.1, -0.05) is 12.1 Å². The second-order valence-corrected chi connectivity index (χ2v) is 7.39. The first-order valence-corrected chi connectivity index (χ1v) is 9.01. The highest BCUT2D eigenvalue weighted by Crippen LogP contribution is 2.33. The molecule has 2 heterocycles. The van der Waals surface area contributed by atoms with Crippen LogP contribution < -0.4 is 0 Å². The molecule has 3 rings (SSSR count). The molecule has 1 saturated heterocycles. The van der Waals surface area contributed by atoms with E-state index in [1.165, 1.54) is 24.3 Å². The van der Waals surface area contributed by atoms with Crippen molar-refractivity contribution in [2.45, 2.75) is 12.8 Å². The van der Waals surface area contributed by atoms with Gasteiger partial charge in [-0.3, -0.25) is 9.59 Å². The number of nitrogens with zero attached hydrogens (tertiary/aromatic N) is 2. The Balaban J connectivity index is 1.81. The van der Waals surface area contributed by atoms with Crippen molar-refractivity contribution in [1.82, 2.24) is 9.88 Å². The number of carbonyl (C=O) groups is 2. The normalized spacial score (nSPS) is 20.2. The van der Waals surface area contributed by atoms with Crippen LogP contribution in [0.3, 0.4) is 0 Å². The summed E-state index contributed by atoms with van der Waals surface area (Å²) in [6.07, 6.45) is 2.46. The number of methoxy groups -OCH3 is 1. The van der Waals surface area contributed by atoms with Gasteiger partial charge in [0.25, 0.3) is 5.91 Å². The van der Waals surface area contributed by atoms with Crippen molar-refractivity contribution in [3.05, 3.63) is 41.2 Å². The molecule has 138 valence electrons. The van der Waals surface area contributed by atoms with Gasteiger partial charge in [-0.05, 0) is 25.0 Å². The van der Waals surface area contributed by atoms with Crippen LogP contribution in [-0.2, 0) is 9.53 Å². The highest BCUT2D eigenvalue weighted by Gasteiger charge is 2.44. The Hall–Kier alpha value is -2.32. The van der Waals surface area contributed by atoms with E-state index >= 15 is 0 Å². The zero-order chi connectivity index (χ0) is 18.7. The van der Waals surface area contributed by atoms with Crippen LogP contribution in [0.4, 0.5) is 4.39 Å². The van der Waals surface area contributed by atoms with Crippen LogP contribution in [0.25, 0.3) is 10.6 Å². The molecule has 1 aromatic carbocycles. The smallest absolute Gasteiger partial charge is 0.313 e. The molecule has 6 nitrogen and oxygen atoms in total. The van der Waals surface area contributed by atoms with E-state index in [1.54, 1.807) is 18.2 Å². The highest BCUT2D eigenvalue weighted by molar-refractivity contribution is 7.16. The third-order valence-electron chi connectivity index (χ3n) is 4.56. The quantitative estimate of drug-likeness (QED) is 0.865. The molecule has 1 aliphatic heterocycles. The lowest BCUT2D eigenvalue weighted by Crippen LogP contribution is -2.52. The molecule has 1 amide bonds. The van der Waals surface area contributed by atoms with Gasteiger partial charge >= 0.3 is 5.97 Å². The van der Waals surface area contributed by atoms with Gasteiger partial charge in [0.1, 0.15) is 21.1 Å². The summed E-state index contributed by atoms with van der Waals surface area (Å²) in [4.78, 5) is 30.6. The van der Waals surface area contributed by atoms with Crippen molar-refractivity contribution in [2.24, 2.45) is 5.41 Å². The summed E-state index contributed by atoms with van der Waals surface area (Å²) in [6.45, 7) is 0.613. The number of likely N-dealkylation sites (tertiary alicyclic amines) is 1. The summed E-state index contributed by atoms with van der Waals surface area (Å²) in [5.74, 6) is -1.65. The number of rotatable bonds is 5. The molecule has 1 N–H and O–H groups in total. The third-order valence-corrected chi connectivity index (χ3v) is 5.58. The first-order chi connectivity index (χ1) is 12.5. The largest absolute Gasteiger partial charge is 0.481 e. The van der Waals surface area contributed by atoms with E-state index in [2.05, 4.69) is 4.98 Å². The maximum absolute atomic E-state index is 13.9. The van der Waals surface area contributed by atoms with Crippen molar-refractivity contribution in [3.63, 3.8) is 0 Å². The predicted molar refractivity (Wildman–Crippen MR) is 94.6 cm³/mol. The van der Waals surface area contributed by atoms with Crippen molar-refractivity contribution in [1.29, 1.82) is 0 Å². The summed E-state index contributed by atoms with van der Waals surface area (Å²) in [5, 5.41) is 10.0. The van der Waals surface area contributed by atoms with Gasteiger partial charge in [0, 0.05) is 25.8 Å². The number of aromatic nitrogens is 1. The van der Waals surface area contributed by atoms with E-state index in [-0.39, 0.29) is 19.1 Å². The Morgan fingerprint density at radius 2 is 2.19 bits per heavy atom. The summed E-state index contributed by atoms with van der Waals surface area (Å²) >= 11 is 1.10. The molecule has 0 bridgehead atoms. The standard InChI is InChI=1S/C18H19FN2O4S/c1-25-11-18(17(23)24)7-4-8-21(10-18)16(22)14-9-20-15(26-14)12-5-2-3-6-13(12)19/h2-3,5-6,9H,4,7-8,10-11H2,1H3,(H,23,24). The van der Waals surface area contributed by atoms with Crippen molar-refractivity contribution >= 4 is 23.2 Å². The van der Waals surface area contributed by atoms with Crippen LogP contribution in [0.1, 0.15) is 22.5 Å². The van der Waals surface area contributed by atoms with Gasteiger partial charge in [0.15, 0.2) is 0 Å². The van der Waals surface area contributed by atoms with E-state index in [0.717, 1.165) is 11.3 Å². The topological polar surface area (TPSA) is 79.7 Å². The third kappa shape index (κ3) is 3.47. The molecule has 26 heavy (non-hydrogen) atoms. The first kappa shape index (κ1) is 18.5. The molecule has 2 aromatic rings. The molecule has 0 aliphatic carbocycles. The fraction of sp³-hybridized carbons (Fsp3) is 0.389. The lowest BCUT2D eigenvalue weighted by molar-refractivity contribution is -0.155. The number of thiazole rings is 1. The minimum absolute atomic E-state index is 0.0509. The highest BCUT2D eigenvalue weighted by atomic mass is 32.1. The molecule has 8 heteroatoms. The summed E-state index contributed by atoms with van der Waals surface area (Å²) < 4.78 is 19.0. The Labute approximate surface area is 154 Å². The predicted octanol–water partition coefficient (Wildman–Crippen LogP) is 2.90. The lowest BCUT2D eigenvalue weighted by Gasteiger charge is -2.39. The van der Waals surface area contributed by atoms with Gasteiger partial charge < -0.3 is 14.7 Å². The molecule has 0 spiro atoms. The van der Waals surface area contributed by atoms with Gasteiger partial charge in [-0.2, -0.15) is 0 Å². The van der Waals surface area contributed by atoms with Gasteiger partial charge in [0.05, 0.1) is 12.8 Å². The zero-order valence-corrected chi connectivity index (χ0v) is 15.1. The maximum Gasteiger partial charge on any atom is 0.313 e. The lowest BCUT2D eigenvalue weighted by atomic mass is 9.80. The Kier molecular flexibility index (Phi) is 5.33. The first-order valence-electron chi connectivity index (χ1n) is 8.19. The van der Waals surface area contributed by atoms with Gasteiger partial charge in [-0.25, -0.2) is 9.37 Å². The van der Waals surface area contributed by atoms with Crippen LogP contribution >= 0.6 is 11.3 Å². The number of hydrogen-bond acceptors (Lipinski definition) is 5. The average molecular weight is 378 g/mol. The maximum atomic E-state index is 13.9. The van der Waals surface area contributed by atoms with Gasteiger partial charge in [0.2, 0.25) is 0 Å². The minimum Gasteiger partial charge on any atom is -0.481 e. The van der Waals surface area contributed by atoms with Crippen molar-refractivity contribution < 1.29 is 23.8 Å². The van der Waals surface area contributed by atoms with Crippen LogP contribution in [0.2, 0.25) is 0 Å². The van der Waals surface area contributed by atoms with Gasteiger partial charge in [-0.15, -0.1) is 11.3 Å². The molecule has 0 radical (unpaired) electrons. The Morgan fingerprint density at radius 1 is 1.42 bits per heavy atom. The number of amides is 1. The molecular formula is C18H19FN2O4S. The summed E-state index contributed by atoms with van der Waals surface area (Å²) in [5.41, 5.74) is -0.753. The number of aliphatic carboxylic acids is 1. The number of carbonyl (C=O) groups excluding carboxylic acids is 1. The number of ether oxygens (including phenoxy) is 1. The zero-order valence-electron chi connectivity index (χ0n) is 14.3. The van der Waals surface area contributed by atoms with E-state index in [0.29, 0.717) is 34.8 Å². The average Bonchev–Trinajstić information content (AvgIpc) is 3.11.